The molecule has 1 unspecified atom stereocenters. The van der Waals surface area contributed by atoms with E-state index in [4.69, 9.17) is 4.74 Å². The van der Waals surface area contributed by atoms with Crippen molar-refractivity contribution in [2.45, 2.75) is 13.5 Å². The van der Waals surface area contributed by atoms with Crippen molar-refractivity contribution >= 4 is 21.9 Å². The van der Waals surface area contributed by atoms with Crippen LogP contribution in [0.2, 0.25) is 0 Å². The fourth-order valence-corrected chi connectivity index (χ4v) is 1.07. The van der Waals surface area contributed by atoms with Gasteiger partial charge in [0.25, 0.3) is 0 Å². The fourth-order valence-electron chi connectivity index (χ4n) is 0.806. The largest absolute Gasteiger partial charge is 1.00 e. The molecule has 0 spiro atoms. The average Bonchev–Trinajstić information content (AvgIpc) is 2.31. The van der Waals surface area contributed by atoms with Crippen LogP contribution in [0.3, 0.4) is 0 Å². The van der Waals surface area contributed by atoms with Crippen LogP contribution in [-0.4, -0.2) is 21.5 Å². The van der Waals surface area contributed by atoms with Gasteiger partial charge < -0.3 is 14.9 Å². The van der Waals surface area contributed by atoms with Gasteiger partial charge in [0.1, 0.15) is 0 Å². The zero-order chi connectivity index (χ0) is 12.0. The topological polar surface area (TPSA) is 84.4 Å². The summed E-state index contributed by atoms with van der Waals surface area (Å²) >= 11 is 3.17. The third-order valence-corrected chi connectivity index (χ3v) is 2.71. The van der Waals surface area contributed by atoms with Crippen molar-refractivity contribution in [3.05, 3.63) is 17.8 Å². The van der Waals surface area contributed by atoms with Gasteiger partial charge in [-0.1, -0.05) is 22.9 Å². The van der Waals surface area contributed by atoms with Crippen LogP contribution < -0.4 is 39.6 Å². The van der Waals surface area contributed by atoms with Crippen molar-refractivity contribution in [2.24, 2.45) is 5.92 Å². The first-order valence-corrected chi connectivity index (χ1v) is 5.64. The Morgan fingerprint density at radius 1 is 1.53 bits per heavy atom. The van der Waals surface area contributed by atoms with E-state index < -0.39 is 0 Å². The Morgan fingerprint density at radius 3 is 2.71 bits per heavy atom. The van der Waals surface area contributed by atoms with Crippen LogP contribution in [0, 0.1) is 5.92 Å². The molecule has 0 saturated carbocycles. The van der Waals surface area contributed by atoms with Crippen LogP contribution in [-0.2, 0) is 16.3 Å². The number of carbonyl (C=O) groups excluding carboxylic acids is 1. The van der Waals surface area contributed by atoms with Crippen LogP contribution in [0.5, 0.6) is 5.88 Å². The van der Waals surface area contributed by atoms with Crippen LogP contribution in [0.4, 0.5) is 0 Å². The van der Waals surface area contributed by atoms with Gasteiger partial charge in [-0.3, -0.25) is 4.79 Å². The quantitative estimate of drug-likeness (QED) is 0.192. The second kappa shape index (κ2) is 8.96. The molecule has 1 rings (SSSR count). The molecule has 0 aromatic carbocycles. The third kappa shape index (κ3) is 5.89. The van der Waals surface area contributed by atoms with Crippen molar-refractivity contribution in [3.63, 3.8) is 0 Å². The van der Waals surface area contributed by atoms with Crippen LogP contribution in [0.25, 0.3) is 0 Å². The monoisotopic (exact) mass is 312 g/mol. The molecular weight excluding hydrogens is 303 g/mol. The summed E-state index contributed by atoms with van der Waals surface area (Å²) in [4.78, 5) is 15.0. The third-order valence-electron chi connectivity index (χ3n) is 1.74. The predicted octanol–water partition coefficient (Wildman–Crippen LogP) is -2.79. The second-order valence-electron chi connectivity index (χ2n) is 3.10. The molecule has 0 N–H and O–H groups in total. The van der Waals surface area contributed by atoms with Gasteiger partial charge in [-0.15, -0.1) is 10.2 Å². The van der Waals surface area contributed by atoms with Gasteiger partial charge in [-0.2, -0.15) is 0 Å². The van der Waals surface area contributed by atoms with Gasteiger partial charge in [0.05, 0.1) is 18.2 Å². The summed E-state index contributed by atoms with van der Waals surface area (Å²) in [6.45, 7) is 1.56. The summed E-state index contributed by atoms with van der Waals surface area (Å²) in [6.07, 6.45) is 0. The van der Waals surface area contributed by atoms with Crippen LogP contribution in [0.1, 0.15) is 12.6 Å². The van der Waals surface area contributed by atoms with E-state index >= 15 is 0 Å². The number of alkyl halides is 1. The molecule has 0 aliphatic heterocycles. The van der Waals surface area contributed by atoms with Gasteiger partial charge in [0, 0.05) is 11.4 Å². The van der Waals surface area contributed by atoms with E-state index in [1.54, 1.807) is 6.92 Å². The first kappa shape index (κ1) is 16.9. The predicted molar refractivity (Wildman–Crippen MR) is 55.4 cm³/mol. The van der Waals surface area contributed by atoms with Crippen molar-refractivity contribution in [3.8, 4) is 5.88 Å². The minimum atomic E-state index is -0.390. The maximum absolute atomic E-state index is 11.4. The molecule has 0 amide bonds. The maximum Gasteiger partial charge on any atom is 1.00 e. The molecule has 88 valence electrons. The molecule has 0 aliphatic carbocycles. The van der Waals surface area contributed by atoms with E-state index in [0.717, 1.165) is 0 Å². The van der Waals surface area contributed by atoms with Gasteiger partial charge in [-0.25, -0.2) is 0 Å². The van der Waals surface area contributed by atoms with Gasteiger partial charge in [0.15, 0.2) is 0 Å². The smallest absolute Gasteiger partial charge is 0.723 e. The van der Waals surface area contributed by atoms with Crippen molar-refractivity contribution < 1.29 is 49.2 Å². The van der Waals surface area contributed by atoms with E-state index in [-0.39, 0.29) is 53.9 Å². The molecule has 6 nitrogen and oxygen atoms in total. The zero-order valence-corrected chi connectivity index (χ0v) is 13.1. The van der Waals surface area contributed by atoms with E-state index in [9.17, 15) is 10.1 Å². The summed E-state index contributed by atoms with van der Waals surface area (Å²) in [7, 11) is 0. The zero-order valence-electron chi connectivity index (χ0n) is 9.55. The summed E-state index contributed by atoms with van der Waals surface area (Å²) in [5.74, 6) is -0.544. The number of aromatic nitrogens is 2. The summed E-state index contributed by atoms with van der Waals surface area (Å²) < 4.78 is 4.94. The first-order valence-electron chi connectivity index (χ1n) is 4.52. The van der Waals surface area contributed by atoms with Crippen molar-refractivity contribution in [1.29, 1.82) is 0 Å². The molecule has 0 bridgehead atoms. The normalized spacial score (nSPS) is 11.5. The van der Waals surface area contributed by atoms with Crippen LogP contribution in [0.15, 0.2) is 12.1 Å². The molecule has 1 aromatic heterocycles. The Hall–Kier alpha value is -0.0500. The summed E-state index contributed by atoms with van der Waals surface area (Å²) in [5, 5.41) is 17.6. The first-order chi connectivity index (χ1) is 7.67. The van der Waals surface area contributed by atoms with E-state index in [0.29, 0.717) is 11.0 Å². The maximum atomic E-state index is 11.4. The Kier molecular flexibility index (Phi) is 8.93. The van der Waals surface area contributed by atoms with E-state index in [1.165, 1.54) is 12.1 Å². The molecule has 0 fully saturated rings. The number of halogens is 1. The van der Waals surface area contributed by atoms with E-state index in [1.807, 2.05) is 0 Å². The molecule has 8 heteroatoms. The minimum absolute atomic E-state index is 0. The molecule has 0 saturated heterocycles. The fraction of sp³-hybridized carbons (Fsp3) is 0.444. The molecule has 1 aromatic rings. The second-order valence-corrected chi connectivity index (χ2v) is 3.75. The SMILES string of the molecule is CC(CBr)C(=O)Oc1ccc(CO[O-])nn1.[Na+]. The number of esters is 1. The van der Waals surface area contributed by atoms with Crippen molar-refractivity contribution in [1.82, 2.24) is 10.2 Å². The Balaban J connectivity index is 0.00000256. The molecule has 0 aliphatic rings. The van der Waals surface area contributed by atoms with Gasteiger partial charge in [0.2, 0.25) is 5.88 Å². The van der Waals surface area contributed by atoms with Gasteiger partial charge in [-0.05, 0) is 6.07 Å². The Labute approximate surface area is 129 Å². The standard InChI is InChI=1S/C9H11BrN2O4.Na/c1-6(4-10)9(13)16-8-3-2-7(5-15-14)11-12-8;/h2-3,6,14H,4-5H2,1H3;/q;+1/p-1. The summed E-state index contributed by atoms with van der Waals surface area (Å²) in [6, 6.07) is 2.96. The molecule has 17 heavy (non-hydrogen) atoms. The Bertz CT molecular complexity index is 349. The number of hydrogen-bond acceptors (Lipinski definition) is 6. The molecule has 0 radical (unpaired) electrons. The number of carbonyl (C=O) groups is 1. The Morgan fingerprint density at radius 2 is 2.24 bits per heavy atom. The van der Waals surface area contributed by atoms with Gasteiger partial charge >= 0.3 is 35.5 Å². The summed E-state index contributed by atoms with van der Waals surface area (Å²) in [5.41, 5.74) is 0.378. The number of nitrogens with zero attached hydrogens (tertiary/aromatic N) is 2. The number of ether oxygens (including phenoxy) is 1. The number of rotatable bonds is 5. The number of hydrogen-bond donors (Lipinski definition) is 0. The molecule has 1 heterocycles. The van der Waals surface area contributed by atoms with E-state index in [2.05, 4.69) is 31.0 Å². The molecule has 1 atom stereocenters. The molecular formula is C9H10BrN2NaO4. The minimum Gasteiger partial charge on any atom is -0.723 e. The van der Waals surface area contributed by atoms with Crippen molar-refractivity contribution in [2.75, 3.05) is 5.33 Å². The average molecular weight is 313 g/mol. The van der Waals surface area contributed by atoms with Crippen LogP contribution >= 0.6 is 15.9 Å².